The van der Waals surface area contributed by atoms with Gasteiger partial charge in [-0.25, -0.2) is 8.42 Å². The van der Waals surface area contributed by atoms with Crippen LogP contribution in [-0.4, -0.2) is 34.5 Å². The van der Waals surface area contributed by atoms with Crippen molar-refractivity contribution >= 4 is 15.5 Å². The average molecular weight is 279 g/mol. The van der Waals surface area contributed by atoms with Crippen molar-refractivity contribution in [2.75, 3.05) is 11.5 Å². The summed E-state index contributed by atoms with van der Waals surface area (Å²) in [5.41, 5.74) is 2.02. The standard InChI is InChI=1S/C13H17N3O2S/c1-10-2-5-16-12(8-10)14-15-13(16)9-11-3-6-19(17,18)7-4-11/h2,5,8,11H,3-4,6-7,9H2,1H3. The molecule has 0 unspecified atom stereocenters. The minimum Gasteiger partial charge on any atom is -0.286 e. The summed E-state index contributed by atoms with van der Waals surface area (Å²) in [6, 6.07) is 4.03. The maximum Gasteiger partial charge on any atom is 0.161 e. The molecule has 0 radical (unpaired) electrons. The second-order valence-corrected chi connectivity index (χ2v) is 7.65. The molecule has 0 atom stereocenters. The van der Waals surface area contributed by atoms with E-state index in [4.69, 9.17) is 0 Å². The van der Waals surface area contributed by atoms with Crippen LogP contribution in [0.5, 0.6) is 0 Å². The summed E-state index contributed by atoms with van der Waals surface area (Å²) in [6.45, 7) is 2.03. The normalized spacial score (nSPS) is 19.8. The SMILES string of the molecule is Cc1ccn2c(CC3CCS(=O)(=O)CC3)nnc2c1. The molecule has 0 aliphatic carbocycles. The van der Waals surface area contributed by atoms with Gasteiger partial charge in [0.15, 0.2) is 5.65 Å². The Labute approximate surface area is 112 Å². The van der Waals surface area contributed by atoms with Crippen molar-refractivity contribution in [3.63, 3.8) is 0 Å². The number of hydrogen-bond acceptors (Lipinski definition) is 4. The van der Waals surface area contributed by atoms with Crippen LogP contribution in [0, 0.1) is 12.8 Å². The number of nitrogens with zero attached hydrogens (tertiary/aromatic N) is 3. The van der Waals surface area contributed by atoms with Gasteiger partial charge in [0, 0.05) is 12.6 Å². The lowest BCUT2D eigenvalue weighted by molar-refractivity contribution is 0.452. The number of hydrogen-bond donors (Lipinski definition) is 0. The zero-order valence-corrected chi connectivity index (χ0v) is 11.7. The quantitative estimate of drug-likeness (QED) is 0.833. The Morgan fingerprint density at radius 1 is 1.32 bits per heavy atom. The molecule has 0 N–H and O–H groups in total. The van der Waals surface area contributed by atoms with Crippen molar-refractivity contribution in [3.05, 3.63) is 29.7 Å². The highest BCUT2D eigenvalue weighted by molar-refractivity contribution is 7.91. The molecule has 19 heavy (non-hydrogen) atoms. The molecule has 0 spiro atoms. The Bertz CT molecular complexity index is 692. The molecule has 1 aliphatic rings. The average Bonchev–Trinajstić information content (AvgIpc) is 2.74. The second-order valence-electron chi connectivity index (χ2n) is 5.35. The molecule has 3 rings (SSSR count). The van der Waals surface area contributed by atoms with E-state index in [0.29, 0.717) is 17.4 Å². The lowest BCUT2D eigenvalue weighted by atomic mass is 9.98. The Morgan fingerprint density at radius 3 is 2.79 bits per heavy atom. The van der Waals surface area contributed by atoms with Gasteiger partial charge >= 0.3 is 0 Å². The summed E-state index contributed by atoms with van der Waals surface area (Å²) in [7, 11) is -2.79. The first-order valence-corrected chi connectivity index (χ1v) is 8.36. The van der Waals surface area contributed by atoms with E-state index in [0.717, 1.165) is 36.3 Å². The van der Waals surface area contributed by atoms with E-state index in [2.05, 4.69) is 10.2 Å². The third-order valence-electron chi connectivity index (χ3n) is 3.78. The van der Waals surface area contributed by atoms with Crippen molar-refractivity contribution < 1.29 is 8.42 Å². The highest BCUT2D eigenvalue weighted by Gasteiger charge is 2.24. The highest BCUT2D eigenvalue weighted by atomic mass is 32.2. The van der Waals surface area contributed by atoms with Gasteiger partial charge in [0.05, 0.1) is 11.5 Å². The molecule has 1 aliphatic heterocycles. The van der Waals surface area contributed by atoms with Crippen LogP contribution in [-0.2, 0) is 16.3 Å². The molecule has 0 bridgehead atoms. The van der Waals surface area contributed by atoms with Crippen LogP contribution in [0.1, 0.15) is 24.2 Å². The summed E-state index contributed by atoms with van der Waals surface area (Å²) in [5.74, 6) is 1.96. The second kappa shape index (κ2) is 4.59. The molecule has 0 aromatic carbocycles. The molecule has 1 saturated heterocycles. The minimum atomic E-state index is -2.79. The molecular weight excluding hydrogens is 262 g/mol. The van der Waals surface area contributed by atoms with E-state index >= 15 is 0 Å². The predicted octanol–water partition coefficient (Wildman–Crippen LogP) is 1.41. The van der Waals surface area contributed by atoms with E-state index in [-0.39, 0.29) is 0 Å². The largest absolute Gasteiger partial charge is 0.286 e. The van der Waals surface area contributed by atoms with Crippen LogP contribution < -0.4 is 0 Å². The van der Waals surface area contributed by atoms with Crippen LogP contribution in [0.25, 0.3) is 5.65 Å². The summed E-state index contributed by atoms with van der Waals surface area (Å²) in [4.78, 5) is 0. The molecule has 102 valence electrons. The lowest BCUT2D eigenvalue weighted by Gasteiger charge is -2.20. The molecule has 2 aromatic rings. The maximum absolute atomic E-state index is 11.4. The van der Waals surface area contributed by atoms with Gasteiger partial charge in [-0.2, -0.15) is 0 Å². The topological polar surface area (TPSA) is 64.3 Å². The van der Waals surface area contributed by atoms with Gasteiger partial charge in [-0.05, 0) is 43.4 Å². The number of rotatable bonds is 2. The Balaban J connectivity index is 1.79. The summed E-state index contributed by atoms with van der Waals surface area (Å²) >= 11 is 0. The van der Waals surface area contributed by atoms with Crippen LogP contribution in [0.4, 0.5) is 0 Å². The number of pyridine rings is 1. The van der Waals surface area contributed by atoms with Gasteiger partial charge in [0.25, 0.3) is 0 Å². The van der Waals surface area contributed by atoms with E-state index in [1.165, 1.54) is 0 Å². The zero-order valence-electron chi connectivity index (χ0n) is 10.9. The first kappa shape index (κ1) is 12.6. The Kier molecular flexibility index (Phi) is 3.05. The zero-order chi connectivity index (χ0) is 13.5. The molecule has 2 aromatic heterocycles. The van der Waals surface area contributed by atoms with E-state index in [1.807, 2.05) is 29.7 Å². The molecular formula is C13H17N3O2S. The molecule has 3 heterocycles. The third kappa shape index (κ3) is 2.63. The van der Waals surface area contributed by atoms with Crippen molar-refractivity contribution in [2.45, 2.75) is 26.2 Å². The summed E-state index contributed by atoms with van der Waals surface area (Å²) < 4.78 is 24.8. The summed E-state index contributed by atoms with van der Waals surface area (Å²) in [5, 5.41) is 8.40. The number of aromatic nitrogens is 3. The van der Waals surface area contributed by atoms with Gasteiger partial charge < -0.3 is 0 Å². The van der Waals surface area contributed by atoms with E-state index in [9.17, 15) is 8.42 Å². The fourth-order valence-electron chi connectivity index (χ4n) is 2.58. The van der Waals surface area contributed by atoms with Gasteiger partial charge in [0.2, 0.25) is 0 Å². The van der Waals surface area contributed by atoms with Crippen molar-refractivity contribution in [1.82, 2.24) is 14.6 Å². The van der Waals surface area contributed by atoms with Gasteiger partial charge in [-0.3, -0.25) is 4.40 Å². The van der Waals surface area contributed by atoms with Crippen LogP contribution >= 0.6 is 0 Å². The molecule has 5 nitrogen and oxygen atoms in total. The molecule has 6 heteroatoms. The minimum absolute atomic E-state index is 0.313. The Hall–Kier alpha value is -1.43. The van der Waals surface area contributed by atoms with Gasteiger partial charge in [-0.15, -0.1) is 10.2 Å². The first-order chi connectivity index (χ1) is 9.03. The molecule has 0 amide bonds. The smallest absolute Gasteiger partial charge is 0.161 e. The fourth-order valence-corrected chi connectivity index (χ4v) is 4.17. The number of sulfone groups is 1. The Morgan fingerprint density at radius 2 is 2.05 bits per heavy atom. The van der Waals surface area contributed by atoms with Gasteiger partial charge in [0.1, 0.15) is 15.7 Å². The van der Waals surface area contributed by atoms with Crippen molar-refractivity contribution in [2.24, 2.45) is 5.92 Å². The van der Waals surface area contributed by atoms with E-state index in [1.54, 1.807) is 0 Å². The van der Waals surface area contributed by atoms with E-state index < -0.39 is 9.84 Å². The maximum atomic E-state index is 11.4. The highest BCUT2D eigenvalue weighted by Crippen LogP contribution is 2.22. The fraction of sp³-hybridized carbons (Fsp3) is 0.538. The van der Waals surface area contributed by atoms with Crippen LogP contribution in [0.15, 0.2) is 18.3 Å². The van der Waals surface area contributed by atoms with Gasteiger partial charge in [-0.1, -0.05) is 0 Å². The monoisotopic (exact) mass is 279 g/mol. The number of fused-ring (bicyclic) bond motifs is 1. The lowest BCUT2D eigenvalue weighted by Crippen LogP contribution is -2.25. The predicted molar refractivity (Wildman–Crippen MR) is 72.8 cm³/mol. The molecule has 1 fully saturated rings. The summed E-state index contributed by atoms with van der Waals surface area (Å²) in [6.07, 6.45) is 4.27. The third-order valence-corrected chi connectivity index (χ3v) is 5.50. The molecule has 0 saturated carbocycles. The van der Waals surface area contributed by atoms with Crippen LogP contribution in [0.2, 0.25) is 0 Å². The van der Waals surface area contributed by atoms with Crippen LogP contribution in [0.3, 0.4) is 0 Å². The van der Waals surface area contributed by atoms with Crippen molar-refractivity contribution in [3.8, 4) is 0 Å². The van der Waals surface area contributed by atoms with Crippen molar-refractivity contribution in [1.29, 1.82) is 0 Å². The first-order valence-electron chi connectivity index (χ1n) is 6.54. The number of aryl methyl sites for hydroxylation is 1.